The molecule has 0 saturated carbocycles. The number of benzene rings is 3. The Kier molecular flexibility index (Phi) is 4.57. The molecule has 4 nitrogen and oxygen atoms in total. The lowest BCUT2D eigenvalue weighted by molar-refractivity contribution is -0.136. The quantitative estimate of drug-likeness (QED) is 0.727. The summed E-state index contributed by atoms with van der Waals surface area (Å²) in [6, 6.07) is 21.2. The SMILES string of the molecule is Cc1ccc2ccccc2c1NC(=O)C(=O)NCc1ccccc1. The average molecular weight is 318 g/mol. The zero-order chi connectivity index (χ0) is 16.9. The van der Waals surface area contributed by atoms with Gasteiger partial charge in [0, 0.05) is 11.9 Å². The monoisotopic (exact) mass is 318 g/mol. The molecule has 2 N–H and O–H groups in total. The van der Waals surface area contributed by atoms with Gasteiger partial charge in [0.2, 0.25) is 0 Å². The van der Waals surface area contributed by atoms with Crippen molar-refractivity contribution in [2.45, 2.75) is 13.5 Å². The summed E-state index contributed by atoms with van der Waals surface area (Å²) >= 11 is 0. The number of amides is 2. The standard InChI is InChI=1S/C20H18N2O2/c1-14-11-12-16-9-5-6-10-17(16)18(14)22-20(24)19(23)21-13-15-7-3-2-4-8-15/h2-12H,13H2,1H3,(H,21,23)(H,22,24). The molecule has 3 aromatic carbocycles. The summed E-state index contributed by atoms with van der Waals surface area (Å²) in [6.45, 7) is 2.23. The highest BCUT2D eigenvalue weighted by molar-refractivity contribution is 6.40. The number of anilines is 1. The van der Waals surface area contributed by atoms with E-state index in [-0.39, 0.29) is 0 Å². The van der Waals surface area contributed by atoms with Crippen LogP contribution in [-0.4, -0.2) is 11.8 Å². The van der Waals surface area contributed by atoms with E-state index in [4.69, 9.17) is 0 Å². The molecule has 0 aliphatic rings. The van der Waals surface area contributed by atoms with Crippen LogP contribution < -0.4 is 10.6 Å². The van der Waals surface area contributed by atoms with E-state index in [9.17, 15) is 9.59 Å². The van der Waals surface area contributed by atoms with Crippen LogP contribution in [0.25, 0.3) is 10.8 Å². The van der Waals surface area contributed by atoms with E-state index in [1.165, 1.54) is 0 Å². The molecule has 0 fully saturated rings. The van der Waals surface area contributed by atoms with Crippen molar-refractivity contribution in [1.82, 2.24) is 5.32 Å². The Morgan fingerprint density at radius 2 is 1.54 bits per heavy atom. The summed E-state index contributed by atoms with van der Waals surface area (Å²) in [5.74, 6) is -1.31. The van der Waals surface area contributed by atoms with Crippen LogP contribution in [0.3, 0.4) is 0 Å². The number of rotatable bonds is 3. The smallest absolute Gasteiger partial charge is 0.313 e. The third-order valence-electron chi connectivity index (χ3n) is 3.88. The third-order valence-corrected chi connectivity index (χ3v) is 3.88. The normalized spacial score (nSPS) is 10.4. The van der Waals surface area contributed by atoms with Crippen LogP contribution in [0.15, 0.2) is 66.7 Å². The first kappa shape index (κ1) is 15.7. The Morgan fingerprint density at radius 3 is 2.33 bits per heavy atom. The molecule has 0 aromatic heterocycles. The van der Waals surface area contributed by atoms with Gasteiger partial charge in [0.25, 0.3) is 0 Å². The molecule has 24 heavy (non-hydrogen) atoms. The van der Waals surface area contributed by atoms with Crippen LogP contribution in [0.1, 0.15) is 11.1 Å². The number of hydrogen-bond donors (Lipinski definition) is 2. The molecule has 4 heteroatoms. The van der Waals surface area contributed by atoms with E-state index in [1.54, 1.807) is 0 Å². The van der Waals surface area contributed by atoms with Crippen LogP contribution in [0.2, 0.25) is 0 Å². The fraction of sp³-hybridized carbons (Fsp3) is 0.100. The van der Waals surface area contributed by atoms with Gasteiger partial charge in [-0.05, 0) is 23.4 Å². The Bertz CT molecular complexity index is 889. The van der Waals surface area contributed by atoms with Crippen LogP contribution in [0, 0.1) is 6.92 Å². The van der Waals surface area contributed by atoms with Gasteiger partial charge in [0.1, 0.15) is 0 Å². The second-order valence-corrected chi connectivity index (χ2v) is 5.60. The predicted molar refractivity (Wildman–Crippen MR) is 95.6 cm³/mol. The van der Waals surface area contributed by atoms with E-state index in [2.05, 4.69) is 10.6 Å². The molecule has 0 spiro atoms. The van der Waals surface area contributed by atoms with Crippen molar-refractivity contribution in [3.05, 3.63) is 77.9 Å². The molecule has 3 aromatic rings. The zero-order valence-electron chi connectivity index (χ0n) is 13.4. The highest BCUT2D eigenvalue weighted by atomic mass is 16.2. The molecular weight excluding hydrogens is 300 g/mol. The molecule has 3 rings (SSSR count). The molecule has 0 saturated heterocycles. The molecule has 0 atom stereocenters. The molecule has 2 amide bonds. The molecule has 0 unspecified atom stereocenters. The molecule has 0 radical (unpaired) electrons. The number of fused-ring (bicyclic) bond motifs is 1. The number of aryl methyl sites for hydroxylation is 1. The van der Waals surface area contributed by atoms with Gasteiger partial charge in [-0.15, -0.1) is 0 Å². The first-order chi connectivity index (χ1) is 11.6. The van der Waals surface area contributed by atoms with Crippen molar-refractivity contribution in [1.29, 1.82) is 0 Å². The topological polar surface area (TPSA) is 58.2 Å². The summed E-state index contributed by atoms with van der Waals surface area (Å²) < 4.78 is 0. The number of nitrogens with one attached hydrogen (secondary N) is 2. The van der Waals surface area contributed by atoms with Crippen LogP contribution in [0.5, 0.6) is 0 Å². The second kappa shape index (κ2) is 6.96. The van der Waals surface area contributed by atoms with Gasteiger partial charge < -0.3 is 10.6 Å². The molecule has 0 aliphatic carbocycles. The first-order valence-corrected chi connectivity index (χ1v) is 7.76. The summed E-state index contributed by atoms with van der Waals surface area (Å²) in [7, 11) is 0. The zero-order valence-corrected chi connectivity index (χ0v) is 13.4. The number of hydrogen-bond acceptors (Lipinski definition) is 2. The molecule has 0 aliphatic heterocycles. The lowest BCUT2D eigenvalue weighted by Gasteiger charge is -2.12. The summed E-state index contributed by atoms with van der Waals surface area (Å²) in [4.78, 5) is 24.3. The minimum atomic E-state index is -0.662. The summed E-state index contributed by atoms with van der Waals surface area (Å²) in [6.07, 6.45) is 0. The minimum absolute atomic E-state index is 0.321. The molecule has 0 bridgehead atoms. The lowest BCUT2D eigenvalue weighted by atomic mass is 10.0. The van der Waals surface area contributed by atoms with Crippen molar-refractivity contribution >= 4 is 28.3 Å². The van der Waals surface area contributed by atoms with Crippen molar-refractivity contribution < 1.29 is 9.59 Å². The van der Waals surface area contributed by atoms with Gasteiger partial charge in [-0.2, -0.15) is 0 Å². The number of carbonyl (C=O) groups excluding carboxylic acids is 2. The third kappa shape index (κ3) is 3.43. The average Bonchev–Trinajstić information content (AvgIpc) is 2.63. The highest BCUT2D eigenvalue weighted by Crippen LogP contribution is 2.26. The van der Waals surface area contributed by atoms with Gasteiger partial charge in [0.15, 0.2) is 0 Å². The van der Waals surface area contributed by atoms with Crippen LogP contribution in [-0.2, 0) is 16.1 Å². The van der Waals surface area contributed by atoms with Crippen molar-refractivity contribution in [3.63, 3.8) is 0 Å². The van der Waals surface area contributed by atoms with Gasteiger partial charge >= 0.3 is 11.8 Å². The van der Waals surface area contributed by atoms with E-state index < -0.39 is 11.8 Å². The maximum absolute atomic E-state index is 12.2. The van der Waals surface area contributed by atoms with Crippen molar-refractivity contribution in [2.75, 3.05) is 5.32 Å². The van der Waals surface area contributed by atoms with Gasteiger partial charge in [-0.1, -0.05) is 66.7 Å². The Hall–Kier alpha value is -3.14. The van der Waals surface area contributed by atoms with Gasteiger partial charge in [0.05, 0.1) is 5.69 Å². The Balaban J connectivity index is 1.73. The number of carbonyl (C=O) groups is 2. The van der Waals surface area contributed by atoms with E-state index in [1.807, 2.05) is 73.7 Å². The maximum Gasteiger partial charge on any atom is 0.313 e. The largest absolute Gasteiger partial charge is 0.344 e. The van der Waals surface area contributed by atoms with Crippen molar-refractivity contribution in [3.8, 4) is 0 Å². The Labute approximate surface area is 140 Å². The Morgan fingerprint density at radius 1 is 0.833 bits per heavy atom. The van der Waals surface area contributed by atoms with Gasteiger partial charge in [-0.3, -0.25) is 9.59 Å². The van der Waals surface area contributed by atoms with E-state index in [0.29, 0.717) is 12.2 Å². The first-order valence-electron chi connectivity index (χ1n) is 7.76. The molecule has 120 valence electrons. The highest BCUT2D eigenvalue weighted by Gasteiger charge is 2.15. The fourth-order valence-corrected chi connectivity index (χ4v) is 2.58. The van der Waals surface area contributed by atoms with E-state index >= 15 is 0 Å². The van der Waals surface area contributed by atoms with Crippen molar-refractivity contribution in [2.24, 2.45) is 0 Å². The van der Waals surface area contributed by atoms with Crippen LogP contribution in [0.4, 0.5) is 5.69 Å². The molecule has 0 heterocycles. The van der Waals surface area contributed by atoms with E-state index in [0.717, 1.165) is 21.9 Å². The second-order valence-electron chi connectivity index (χ2n) is 5.60. The summed E-state index contributed by atoms with van der Waals surface area (Å²) in [5, 5.41) is 7.31. The fourth-order valence-electron chi connectivity index (χ4n) is 2.58. The molecular formula is C20H18N2O2. The predicted octanol–water partition coefficient (Wildman–Crippen LogP) is 3.40. The van der Waals surface area contributed by atoms with Crippen LogP contribution >= 0.6 is 0 Å². The minimum Gasteiger partial charge on any atom is -0.344 e. The van der Waals surface area contributed by atoms with Gasteiger partial charge in [-0.25, -0.2) is 0 Å². The maximum atomic E-state index is 12.2. The summed E-state index contributed by atoms with van der Waals surface area (Å²) in [5.41, 5.74) is 2.53. The lowest BCUT2D eigenvalue weighted by Crippen LogP contribution is -2.35.